The third-order valence-corrected chi connectivity index (χ3v) is 3.72. The van der Waals surface area contributed by atoms with E-state index in [0.29, 0.717) is 6.04 Å². The van der Waals surface area contributed by atoms with E-state index in [1.54, 1.807) is 0 Å². The lowest BCUT2D eigenvalue weighted by Crippen LogP contribution is -2.64. The molecule has 0 aromatic heterocycles. The van der Waals surface area contributed by atoms with Crippen LogP contribution >= 0.6 is 0 Å². The van der Waals surface area contributed by atoms with Crippen molar-refractivity contribution < 1.29 is 0 Å². The van der Waals surface area contributed by atoms with Gasteiger partial charge < -0.3 is 10.6 Å². The first kappa shape index (κ1) is 12.4. The number of benzene rings is 1. The SMILES string of the molecule is CN1CC(C)(C)N(c2ccccc2)CC1CN. The minimum absolute atomic E-state index is 0.155. The van der Waals surface area contributed by atoms with Gasteiger partial charge in [0, 0.05) is 36.9 Å². The van der Waals surface area contributed by atoms with Crippen molar-refractivity contribution >= 4 is 5.69 Å². The van der Waals surface area contributed by atoms with Crippen molar-refractivity contribution in [2.45, 2.75) is 25.4 Å². The summed E-state index contributed by atoms with van der Waals surface area (Å²) in [6, 6.07) is 11.1. The second kappa shape index (κ2) is 4.67. The van der Waals surface area contributed by atoms with Gasteiger partial charge in [-0.15, -0.1) is 0 Å². The Bertz CT molecular complexity index is 361. The molecule has 94 valence electrons. The summed E-state index contributed by atoms with van der Waals surface area (Å²) in [5.41, 5.74) is 7.30. The molecule has 1 heterocycles. The topological polar surface area (TPSA) is 32.5 Å². The third kappa shape index (κ3) is 2.45. The average Bonchev–Trinajstić information content (AvgIpc) is 2.29. The fourth-order valence-electron chi connectivity index (χ4n) is 2.74. The van der Waals surface area contributed by atoms with Gasteiger partial charge in [-0.05, 0) is 33.0 Å². The molecule has 0 spiro atoms. The van der Waals surface area contributed by atoms with Crippen LogP contribution in [0.5, 0.6) is 0 Å². The van der Waals surface area contributed by atoms with Crippen LogP contribution in [0.15, 0.2) is 30.3 Å². The molecule has 3 nitrogen and oxygen atoms in total. The van der Waals surface area contributed by atoms with Crippen molar-refractivity contribution in [2.75, 3.05) is 31.6 Å². The molecule has 2 rings (SSSR count). The minimum atomic E-state index is 0.155. The fraction of sp³-hybridized carbons (Fsp3) is 0.571. The van der Waals surface area contributed by atoms with Gasteiger partial charge in [0.25, 0.3) is 0 Å². The number of hydrogen-bond acceptors (Lipinski definition) is 3. The fourth-order valence-corrected chi connectivity index (χ4v) is 2.74. The lowest BCUT2D eigenvalue weighted by atomic mass is 9.95. The number of piperazine rings is 1. The second-order valence-corrected chi connectivity index (χ2v) is 5.56. The minimum Gasteiger partial charge on any atom is -0.364 e. The van der Waals surface area contributed by atoms with E-state index in [1.165, 1.54) is 5.69 Å². The Hall–Kier alpha value is -1.06. The summed E-state index contributed by atoms with van der Waals surface area (Å²) >= 11 is 0. The molecule has 1 unspecified atom stereocenters. The Labute approximate surface area is 104 Å². The van der Waals surface area contributed by atoms with Crippen LogP contribution in [0.3, 0.4) is 0 Å². The van der Waals surface area contributed by atoms with E-state index in [2.05, 4.69) is 61.0 Å². The normalized spacial score (nSPS) is 24.9. The molecule has 2 N–H and O–H groups in total. The van der Waals surface area contributed by atoms with Crippen LogP contribution in [-0.2, 0) is 0 Å². The molecule has 1 aliphatic heterocycles. The Kier molecular flexibility index (Phi) is 3.40. The Morgan fingerprint density at radius 1 is 1.29 bits per heavy atom. The van der Waals surface area contributed by atoms with Gasteiger partial charge in [-0.25, -0.2) is 0 Å². The molecule has 1 aromatic carbocycles. The number of rotatable bonds is 2. The van der Waals surface area contributed by atoms with E-state index < -0.39 is 0 Å². The molecule has 3 heteroatoms. The van der Waals surface area contributed by atoms with Gasteiger partial charge in [0.1, 0.15) is 0 Å². The maximum absolute atomic E-state index is 5.85. The lowest BCUT2D eigenvalue weighted by molar-refractivity contribution is 0.155. The van der Waals surface area contributed by atoms with Crippen molar-refractivity contribution in [1.29, 1.82) is 0 Å². The molecular formula is C14H23N3. The molecule has 17 heavy (non-hydrogen) atoms. The van der Waals surface area contributed by atoms with E-state index in [-0.39, 0.29) is 5.54 Å². The predicted octanol–water partition coefficient (Wildman–Crippen LogP) is 1.54. The van der Waals surface area contributed by atoms with Gasteiger partial charge in [-0.2, -0.15) is 0 Å². The second-order valence-electron chi connectivity index (χ2n) is 5.56. The number of nitrogens with zero attached hydrogens (tertiary/aromatic N) is 2. The summed E-state index contributed by atoms with van der Waals surface area (Å²) < 4.78 is 0. The zero-order valence-corrected chi connectivity index (χ0v) is 11.1. The smallest absolute Gasteiger partial charge is 0.0473 e. The largest absolute Gasteiger partial charge is 0.364 e. The number of para-hydroxylation sites is 1. The maximum Gasteiger partial charge on any atom is 0.0473 e. The van der Waals surface area contributed by atoms with Gasteiger partial charge >= 0.3 is 0 Å². The van der Waals surface area contributed by atoms with Gasteiger partial charge in [0.05, 0.1) is 0 Å². The quantitative estimate of drug-likeness (QED) is 0.841. The summed E-state index contributed by atoms with van der Waals surface area (Å²) in [5, 5.41) is 0. The predicted molar refractivity (Wildman–Crippen MR) is 73.3 cm³/mol. The summed E-state index contributed by atoms with van der Waals surface area (Å²) in [6.45, 7) is 7.36. The van der Waals surface area contributed by atoms with E-state index >= 15 is 0 Å². The molecule has 0 aliphatic carbocycles. The first-order valence-corrected chi connectivity index (χ1v) is 6.27. The number of anilines is 1. The molecule has 1 aromatic rings. The molecule has 0 bridgehead atoms. The van der Waals surface area contributed by atoms with Crippen LogP contribution in [0.2, 0.25) is 0 Å². The Morgan fingerprint density at radius 3 is 2.53 bits per heavy atom. The highest BCUT2D eigenvalue weighted by atomic mass is 15.3. The average molecular weight is 233 g/mol. The third-order valence-electron chi connectivity index (χ3n) is 3.72. The summed E-state index contributed by atoms with van der Waals surface area (Å²) in [6.07, 6.45) is 0. The van der Waals surface area contributed by atoms with E-state index in [0.717, 1.165) is 19.6 Å². The number of hydrogen-bond donors (Lipinski definition) is 1. The molecule has 1 saturated heterocycles. The Balaban J connectivity index is 2.26. The van der Waals surface area contributed by atoms with Crippen molar-refractivity contribution in [3.05, 3.63) is 30.3 Å². The van der Waals surface area contributed by atoms with E-state index in [9.17, 15) is 0 Å². The standard InChI is InChI=1S/C14H23N3/c1-14(2)11-16(3)13(9-15)10-17(14)12-7-5-4-6-8-12/h4-8,13H,9-11,15H2,1-3H3. The lowest BCUT2D eigenvalue weighted by Gasteiger charge is -2.51. The highest BCUT2D eigenvalue weighted by molar-refractivity contribution is 5.49. The van der Waals surface area contributed by atoms with Gasteiger partial charge in [0.2, 0.25) is 0 Å². The van der Waals surface area contributed by atoms with E-state index in [1.807, 2.05) is 0 Å². The molecule has 0 radical (unpaired) electrons. The zero-order valence-electron chi connectivity index (χ0n) is 11.1. The van der Waals surface area contributed by atoms with Gasteiger partial charge in [-0.3, -0.25) is 4.90 Å². The maximum atomic E-state index is 5.85. The van der Waals surface area contributed by atoms with Crippen molar-refractivity contribution in [1.82, 2.24) is 4.90 Å². The first-order valence-electron chi connectivity index (χ1n) is 6.27. The number of nitrogens with two attached hydrogens (primary N) is 1. The van der Waals surface area contributed by atoms with Crippen LogP contribution in [0.4, 0.5) is 5.69 Å². The van der Waals surface area contributed by atoms with Crippen LogP contribution < -0.4 is 10.6 Å². The highest BCUT2D eigenvalue weighted by Gasteiger charge is 2.36. The van der Waals surface area contributed by atoms with Crippen molar-refractivity contribution in [3.63, 3.8) is 0 Å². The van der Waals surface area contributed by atoms with Crippen LogP contribution in [-0.4, -0.2) is 43.2 Å². The van der Waals surface area contributed by atoms with E-state index in [4.69, 9.17) is 5.73 Å². The van der Waals surface area contributed by atoms with Gasteiger partial charge in [-0.1, -0.05) is 18.2 Å². The molecule has 1 fully saturated rings. The van der Waals surface area contributed by atoms with Crippen LogP contribution in [0, 0.1) is 0 Å². The summed E-state index contributed by atoms with van der Waals surface area (Å²) in [4.78, 5) is 4.85. The summed E-state index contributed by atoms with van der Waals surface area (Å²) in [5.74, 6) is 0. The molecule has 1 atom stereocenters. The molecule has 0 saturated carbocycles. The van der Waals surface area contributed by atoms with Crippen molar-refractivity contribution in [3.8, 4) is 0 Å². The Morgan fingerprint density at radius 2 is 1.94 bits per heavy atom. The van der Waals surface area contributed by atoms with Crippen LogP contribution in [0.25, 0.3) is 0 Å². The zero-order chi connectivity index (χ0) is 12.5. The molecular weight excluding hydrogens is 210 g/mol. The molecule has 1 aliphatic rings. The highest BCUT2D eigenvalue weighted by Crippen LogP contribution is 2.29. The first-order chi connectivity index (χ1) is 8.04. The number of likely N-dealkylation sites (N-methyl/N-ethyl adjacent to an activating group) is 1. The van der Waals surface area contributed by atoms with Gasteiger partial charge in [0.15, 0.2) is 0 Å². The molecule has 0 amide bonds. The summed E-state index contributed by atoms with van der Waals surface area (Å²) in [7, 11) is 2.17. The monoisotopic (exact) mass is 233 g/mol. The van der Waals surface area contributed by atoms with Crippen LogP contribution in [0.1, 0.15) is 13.8 Å². The van der Waals surface area contributed by atoms with Crippen molar-refractivity contribution in [2.24, 2.45) is 5.73 Å².